The first-order valence-electron chi connectivity index (χ1n) is 10.9. The van der Waals surface area contributed by atoms with Crippen LogP contribution in [0.1, 0.15) is 24.5 Å². The molecule has 2 N–H and O–H groups in total. The van der Waals surface area contributed by atoms with Gasteiger partial charge in [0.2, 0.25) is 0 Å². The Bertz CT molecular complexity index is 1180. The molecule has 0 aromatic heterocycles. The lowest BCUT2D eigenvalue weighted by atomic mass is 10.1. The first-order chi connectivity index (χ1) is 16.9. The lowest BCUT2D eigenvalue weighted by Gasteiger charge is -2.16. The average molecular weight is 543 g/mol. The number of aliphatic hydroxyl groups excluding tert-OH is 1. The maximum atomic E-state index is 12.6. The van der Waals surface area contributed by atoms with Crippen molar-refractivity contribution in [3.8, 4) is 5.75 Å². The lowest BCUT2D eigenvalue weighted by molar-refractivity contribution is -0.274. The lowest BCUT2D eigenvalue weighted by Crippen LogP contribution is -2.35. The molecule has 0 radical (unpaired) electrons. The maximum Gasteiger partial charge on any atom is 0.573 e. The predicted molar refractivity (Wildman–Crippen MR) is 131 cm³/mol. The van der Waals surface area contributed by atoms with Crippen LogP contribution in [0.4, 0.5) is 13.2 Å². The highest BCUT2D eigenvalue weighted by Gasteiger charge is 2.33. The Balaban J connectivity index is 1.49. The smallest absolute Gasteiger partial charge is 0.503 e. The second-order valence-corrected chi connectivity index (χ2v) is 9.01. The normalized spacial score (nSPS) is 15.1. The number of halogens is 5. The Morgan fingerprint density at radius 2 is 1.89 bits per heavy atom. The van der Waals surface area contributed by atoms with Crippen LogP contribution in [0.3, 0.4) is 0 Å². The third kappa shape index (κ3) is 7.66. The number of nitrogens with one attached hydrogen (secondary N) is 1. The molecule has 1 unspecified atom stereocenters. The fourth-order valence-corrected chi connectivity index (χ4v) is 3.82. The summed E-state index contributed by atoms with van der Waals surface area (Å²) in [5.74, 6) is -2.16. The molecule has 0 saturated carbocycles. The summed E-state index contributed by atoms with van der Waals surface area (Å²) in [6.07, 6.45) is -0.320. The number of ether oxygens (including phenoxy) is 1. The van der Waals surface area contributed by atoms with Gasteiger partial charge in [-0.25, -0.2) is 0 Å². The number of carbonyl (C=O) groups excluding carboxylic acids is 2. The molecule has 1 aliphatic heterocycles. The minimum atomic E-state index is -4.77. The molecule has 36 heavy (non-hydrogen) atoms. The molecule has 2 aromatic rings. The zero-order valence-corrected chi connectivity index (χ0v) is 20.6. The standard InChI is InChI=1S/C25H23Cl2F3N2O4/c1-15(4-5-17-8-11-20(26)21(27)13-17)31-23(34)19-14-32(24(35)22(19)33)12-2-3-16-6-9-18(10-7-16)36-25(28,29)30/h2-3,6-11,13,15,33H,4-5,12,14H2,1H3,(H,31,34). The van der Waals surface area contributed by atoms with Crippen LogP contribution in [0.5, 0.6) is 5.75 Å². The molecule has 0 bridgehead atoms. The number of nitrogens with zero attached hydrogens (tertiary/aromatic N) is 1. The van der Waals surface area contributed by atoms with Crippen LogP contribution in [-0.4, -0.2) is 47.3 Å². The van der Waals surface area contributed by atoms with Gasteiger partial charge >= 0.3 is 6.36 Å². The summed E-state index contributed by atoms with van der Waals surface area (Å²) < 4.78 is 40.5. The molecule has 192 valence electrons. The highest BCUT2D eigenvalue weighted by atomic mass is 35.5. The van der Waals surface area contributed by atoms with Gasteiger partial charge < -0.3 is 20.1 Å². The summed E-state index contributed by atoms with van der Waals surface area (Å²) in [5, 5.41) is 13.9. The Hall–Kier alpha value is -3.17. The fourth-order valence-electron chi connectivity index (χ4n) is 3.50. The number of hydrogen-bond donors (Lipinski definition) is 2. The monoisotopic (exact) mass is 542 g/mol. The van der Waals surface area contributed by atoms with E-state index in [4.69, 9.17) is 23.2 Å². The molecular formula is C25H23Cl2F3N2O4. The van der Waals surface area contributed by atoms with E-state index in [1.165, 1.54) is 29.2 Å². The van der Waals surface area contributed by atoms with E-state index in [1.807, 2.05) is 13.0 Å². The van der Waals surface area contributed by atoms with Crippen LogP contribution < -0.4 is 10.1 Å². The van der Waals surface area contributed by atoms with Gasteiger partial charge in [-0.05, 0) is 55.2 Å². The minimum Gasteiger partial charge on any atom is -0.503 e. The van der Waals surface area contributed by atoms with Crippen LogP contribution in [-0.2, 0) is 16.0 Å². The molecule has 2 amide bonds. The van der Waals surface area contributed by atoms with E-state index in [1.54, 1.807) is 24.3 Å². The van der Waals surface area contributed by atoms with E-state index in [0.29, 0.717) is 28.5 Å². The summed E-state index contributed by atoms with van der Waals surface area (Å²) in [7, 11) is 0. The number of hydrogen-bond acceptors (Lipinski definition) is 4. The van der Waals surface area contributed by atoms with Crippen molar-refractivity contribution in [1.29, 1.82) is 0 Å². The number of alkyl halides is 3. The van der Waals surface area contributed by atoms with Gasteiger partial charge in [0.25, 0.3) is 11.8 Å². The molecule has 1 heterocycles. The first kappa shape index (κ1) is 27.4. The van der Waals surface area contributed by atoms with Crippen molar-refractivity contribution >= 4 is 41.1 Å². The predicted octanol–water partition coefficient (Wildman–Crippen LogP) is 5.70. The number of aryl methyl sites for hydroxylation is 1. The second-order valence-electron chi connectivity index (χ2n) is 8.19. The van der Waals surface area contributed by atoms with Crippen molar-refractivity contribution in [2.24, 2.45) is 0 Å². The van der Waals surface area contributed by atoms with Gasteiger partial charge in [0.15, 0.2) is 5.76 Å². The van der Waals surface area contributed by atoms with Gasteiger partial charge in [0.1, 0.15) is 5.75 Å². The minimum absolute atomic E-state index is 0.0246. The van der Waals surface area contributed by atoms with E-state index in [2.05, 4.69) is 10.1 Å². The van der Waals surface area contributed by atoms with Crippen molar-refractivity contribution < 1.29 is 32.6 Å². The molecule has 3 rings (SSSR count). The molecule has 11 heteroatoms. The zero-order chi connectivity index (χ0) is 26.5. The molecule has 1 atom stereocenters. The van der Waals surface area contributed by atoms with Gasteiger partial charge in [0.05, 0.1) is 22.2 Å². The fraction of sp³-hybridized carbons (Fsp3) is 0.280. The van der Waals surface area contributed by atoms with Crippen molar-refractivity contribution in [1.82, 2.24) is 10.2 Å². The Labute approximate surface area is 215 Å². The molecular weight excluding hydrogens is 520 g/mol. The van der Waals surface area contributed by atoms with Gasteiger partial charge in [-0.2, -0.15) is 0 Å². The van der Waals surface area contributed by atoms with Crippen molar-refractivity contribution in [2.75, 3.05) is 13.1 Å². The summed E-state index contributed by atoms with van der Waals surface area (Å²) in [6, 6.07) is 10.3. The second kappa shape index (κ2) is 11.7. The molecule has 0 fully saturated rings. The maximum absolute atomic E-state index is 12.6. The highest BCUT2D eigenvalue weighted by molar-refractivity contribution is 6.42. The van der Waals surface area contributed by atoms with Gasteiger partial charge in [0, 0.05) is 12.6 Å². The first-order valence-corrected chi connectivity index (χ1v) is 11.7. The van der Waals surface area contributed by atoms with E-state index >= 15 is 0 Å². The van der Waals surface area contributed by atoms with Crippen molar-refractivity contribution in [3.63, 3.8) is 0 Å². The topological polar surface area (TPSA) is 78.9 Å². The number of rotatable bonds is 9. The number of benzene rings is 2. The largest absolute Gasteiger partial charge is 0.573 e. The molecule has 0 saturated heterocycles. The summed E-state index contributed by atoms with van der Waals surface area (Å²) >= 11 is 11.9. The van der Waals surface area contributed by atoms with Crippen LogP contribution in [0.2, 0.25) is 10.0 Å². The Kier molecular flexibility index (Phi) is 8.92. The third-order valence-electron chi connectivity index (χ3n) is 5.38. The van der Waals surface area contributed by atoms with Gasteiger partial charge in [-0.3, -0.25) is 9.59 Å². The van der Waals surface area contributed by atoms with Crippen LogP contribution in [0, 0.1) is 0 Å². The summed E-state index contributed by atoms with van der Waals surface area (Å²) in [6.45, 7) is 1.83. The van der Waals surface area contributed by atoms with Gasteiger partial charge in [-0.15, -0.1) is 13.2 Å². The molecule has 1 aliphatic rings. The Morgan fingerprint density at radius 1 is 1.19 bits per heavy atom. The molecule has 0 spiro atoms. The van der Waals surface area contributed by atoms with E-state index < -0.39 is 23.9 Å². The quantitative estimate of drug-likeness (QED) is 0.426. The molecule has 0 aliphatic carbocycles. The number of aliphatic hydroxyl groups is 1. The van der Waals surface area contributed by atoms with Crippen molar-refractivity contribution in [2.45, 2.75) is 32.2 Å². The van der Waals surface area contributed by atoms with Crippen LogP contribution in [0.15, 0.2) is 59.9 Å². The number of carbonyl (C=O) groups is 2. The molecule has 2 aromatic carbocycles. The summed E-state index contributed by atoms with van der Waals surface area (Å²) in [4.78, 5) is 26.3. The van der Waals surface area contributed by atoms with Crippen molar-refractivity contribution in [3.05, 3.63) is 81.0 Å². The van der Waals surface area contributed by atoms with Gasteiger partial charge in [-0.1, -0.05) is 53.6 Å². The van der Waals surface area contributed by atoms with Crippen LogP contribution >= 0.6 is 23.2 Å². The zero-order valence-electron chi connectivity index (χ0n) is 19.1. The molecule has 6 nitrogen and oxygen atoms in total. The third-order valence-corrected chi connectivity index (χ3v) is 6.12. The SMILES string of the molecule is CC(CCc1ccc(Cl)c(Cl)c1)NC(=O)C1=C(O)C(=O)N(CC=Cc2ccc(OC(F)(F)F)cc2)C1. The van der Waals surface area contributed by atoms with E-state index in [0.717, 1.165) is 5.56 Å². The Morgan fingerprint density at radius 3 is 2.53 bits per heavy atom. The number of amides is 2. The average Bonchev–Trinajstić information content (AvgIpc) is 3.09. The van der Waals surface area contributed by atoms with E-state index in [9.17, 15) is 27.9 Å². The highest BCUT2D eigenvalue weighted by Crippen LogP contribution is 2.24. The van der Waals surface area contributed by atoms with Crippen LogP contribution in [0.25, 0.3) is 6.08 Å². The summed E-state index contributed by atoms with van der Waals surface area (Å²) in [5.41, 5.74) is 1.52. The van der Waals surface area contributed by atoms with E-state index in [-0.39, 0.29) is 30.5 Å².